The molecule has 1 fully saturated rings. The summed E-state index contributed by atoms with van der Waals surface area (Å²) in [5.41, 5.74) is 6.39. The van der Waals surface area contributed by atoms with Gasteiger partial charge >= 0.3 is 6.55 Å². The Morgan fingerprint density at radius 1 is 1.10 bits per heavy atom. The largest absolute Gasteiger partial charge is 0.491 e. The van der Waals surface area contributed by atoms with Gasteiger partial charge in [0.05, 0.1) is 16.6 Å². The fourth-order valence-corrected chi connectivity index (χ4v) is 5.82. The molecule has 252 valence electrons. The lowest BCUT2D eigenvalue weighted by atomic mass is 9.78. The normalized spacial score (nSPS) is 17.0. The summed E-state index contributed by atoms with van der Waals surface area (Å²) in [5.74, 6) is -1.35. The highest BCUT2D eigenvalue weighted by Gasteiger charge is 2.34. The number of aliphatic hydroxyl groups is 1. The van der Waals surface area contributed by atoms with Crippen LogP contribution in [0.5, 0.6) is 11.6 Å². The van der Waals surface area contributed by atoms with E-state index in [2.05, 4.69) is 20.5 Å². The van der Waals surface area contributed by atoms with Gasteiger partial charge in [-0.2, -0.15) is 18.3 Å². The number of benzene rings is 1. The van der Waals surface area contributed by atoms with Gasteiger partial charge in [-0.15, -0.1) is 5.10 Å². The predicted octanol–water partition coefficient (Wildman–Crippen LogP) is 4.89. The average Bonchev–Trinajstić information content (AvgIpc) is 3.57. The Morgan fingerprint density at radius 2 is 1.88 bits per heavy atom. The predicted molar refractivity (Wildman–Crippen MR) is 168 cm³/mol. The highest BCUT2D eigenvalue weighted by molar-refractivity contribution is 6.05. The molecule has 0 bridgehead atoms. The summed E-state index contributed by atoms with van der Waals surface area (Å²) < 4.78 is 54.5. The third-order valence-corrected chi connectivity index (χ3v) is 8.12. The lowest BCUT2D eigenvalue weighted by Crippen LogP contribution is -2.40. The number of alkyl halides is 2. The molecule has 48 heavy (non-hydrogen) atoms. The number of primary amides is 1. The number of hydrogen-bond acceptors (Lipinski definition) is 8. The number of nitrogens with two attached hydrogens (primary N) is 1. The van der Waals surface area contributed by atoms with Crippen molar-refractivity contribution in [3.05, 3.63) is 72.1 Å². The molecule has 1 saturated carbocycles. The van der Waals surface area contributed by atoms with Gasteiger partial charge < -0.3 is 25.6 Å². The van der Waals surface area contributed by atoms with E-state index < -0.39 is 29.9 Å². The molecule has 0 saturated heterocycles. The summed E-state index contributed by atoms with van der Waals surface area (Å²) in [6.07, 6.45) is 4.67. The van der Waals surface area contributed by atoms with Crippen molar-refractivity contribution < 1.29 is 37.3 Å². The summed E-state index contributed by atoms with van der Waals surface area (Å²) in [4.78, 5) is 29.3. The van der Waals surface area contributed by atoms with E-state index in [0.29, 0.717) is 40.6 Å². The first-order chi connectivity index (χ1) is 22.8. The Labute approximate surface area is 272 Å². The maximum atomic E-state index is 13.8. The third kappa shape index (κ3) is 6.90. The fourth-order valence-electron chi connectivity index (χ4n) is 5.82. The quantitative estimate of drug-likeness (QED) is 0.159. The van der Waals surface area contributed by atoms with Crippen LogP contribution in [0.4, 0.5) is 13.2 Å². The number of halogens is 3. The molecule has 5 aromatic rings. The molecule has 1 aliphatic carbocycles. The van der Waals surface area contributed by atoms with E-state index in [1.54, 1.807) is 38.2 Å². The molecule has 0 aliphatic heterocycles. The standard InChI is InChI=1S/C33H34F3N7O5/c1-17(39-30(45)28-23-6-5-21(47-16-33(2,3)46)14-24(23)43(40-28)32(35)36)10-18-11-22(12-18)48-31-27(29(37)44)25-13-19(8-9-42(25)41-31)20-4-7-26(34)38-15-20/h4-9,13-15,17-18,22,32,46H,10-12,16H2,1-3H3,(H2,37,44)(H,39,45)/t17-,18?,22?/m0/s1. The van der Waals surface area contributed by atoms with Crippen LogP contribution in [0, 0.1) is 11.9 Å². The topological polar surface area (TPSA) is 159 Å². The van der Waals surface area contributed by atoms with Crippen LogP contribution in [0.2, 0.25) is 0 Å². The average molecular weight is 666 g/mol. The second kappa shape index (κ2) is 12.8. The molecule has 0 spiro atoms. The maximum Gasteiger partial charge on any atom is 0.333 e. The monoisotopic (exact) mass is 665 g/mol. The van der Waals surface area contributed by atoms with Crippen LogP contribution in [0.15, 0.2) is 54.9 Å². The van der Waals surface area contributed by atoms with Crippen molar-refractivity contribution in [3.63, 3.8) is 0 Å². The molecule has 1 aromatic carbocycles. The Morgan fingerprint density at radius 3 is 2.54 bits per heavy atom. The minimum atomic E-state index is -2.99. The van der Waals surface area contributed by atoms with Crippen molar-refractivity contribution in [2.24, 2.45) is 11.7 Å². The number of carbonyl (C=O) groups is 2. The molecule has 4 aromatic heterocycles. The summed E-state index contributed by atoms with van der Waals surface area (Å²) >= 11 is 0. The van der Waals surface area contributed by atoms with Crippen molar-refractivity contribution in [1.82, 2.24) is 29.7 Å². The second-order valence-corrected chi connectivity index (χ2v) is 12.7. The lowest BCUT2D eigenvalue weighted by Gasteiger charge is -2.36. The molecule has 4 N–H and O–H groups in total. The van der Waals surface area contributed by atoms with Gasteiger partial charge in [0.2, 0.25) is 11.8 Å². The molecule has 4 heterocycles. The number of nitrogens with one attached hydrogen (secondary N) is 1. The zero-order valence-electron chi connectivity index (χ0n) is 26.4. The van der Waals surface area contributed by atoms with Crippen LogP contribution in [-0.2, 0) is 0 Å². The van der Waals surface area contributed by atoms with Crippen LogP contribution < -0.4 is 20.5 Å². The first-order valence-corrected chi connectivity index (χ1v) is 15.3. The van der Waals surface area contributed by atoms with E-state index in [-0.39, 0.29) is 58.5 Å². The van der Waals surface area contributed by atoms with E-state index in [0.717, 1.165) is 0 Å². The van der Waals surface area contributed by atoms with Gasteiger partial charge in [-0.1, -0.05) is 0 Å². The molecule has 0 radical (unpaired) electrons. The van der Waals surface area contributed by atoms with Crippen molar-refractivity contribution >= 4 is 28.2 Å². The first kappa shape index (κ1) is 32.7. The van der Waals surface area contributed by atoms with Gasteiger partial charge in [-0.3, -0.25) is 9.59 Å². The summed E-state index contributed by atoms with van der Waals surface area (Å²) in [5, 5.41) is 21.3. The first-order valence-electron chi connectivity index (χ1n) is 15.3. The van der Waals surface area contributed by atoms with Crippen molar-refractivity contribution in [1.29, 1.82) is 0 Å². The van der Waals surface area contributed by atoms with Crippen LogP contribution in [0.1, 0.15) is 67.4 Å². The number of nitrogens with zero attached hydrogens (tertiary/aromatic N) is 5. The minimum Gasteiger partial charge on any atom is -0.491 e. The van der Waals surface area contributed by atoms with E-state index in [1.807, 2.05) is 6.92 Å². The second-order valence-electron chi connectivity index (χ2n) is 12.7. The summed E-state index contributed by atoms with van der Waals surface area (Å²) in [6.45, 7) is 1.90. The van der Waals surface area contributed by atoms with Crippen molar-refractivity contribution in [2.45, 2.75) is 64.3 Å². The van der Waals surface area contributed by atoms with E-state index in [4.69, 9.17) is 15.2 Å². The molecular formula is C33H34F3N7O5. The Bertz CT molecular complexity index is 1980. The molecule has 1 atom stereocenters. The van der Waals surface area contributed by atoms with E-state index in [1.165, 1.54) is 35.0 Å². The number of carbonyl (C=O) groups excluding carboxylic acids is 2. The van der Waals surface area contributed by atoms with Gasteiger partial charge in [0.1, 0.15) is 24.0 Å². The van der Waals surface area contributed by atoms with E-state index >= 15 is 0 Å². The summed E-state index contributed by atoms with van der Waals surface area (Å²) in [7, 11) is 0. The highest BCUT2D eigenvalue weighted by atomic mass is 19.3. The molecule has 15 heteroatoms. The van der Waals surface area contributed by atoms with Gasteiger partial charge in [-0.05, 0) is 87.9 Å². The molecule has 0 unspecified atom stereocenters. The van der Waals surface area contributed by atoms with Gasteiger partial charge in [0.15, 0.2) is 5.69 Å². The lowest BCUT2D eigenvalue weighted by molar-refractivity contribution is 0.0284. The zero-order valence-corrected chi connectivity index (χ0v) is 26.4. The Hall–Kier alpha value is -5.18. The van der Waals surface area contributed by atoms with Crippen LogP contribution in [0.3, 0.4) is 0 Å². The molecular weight excluding hydrogens is 631 g/mol. The van der Waals surface area contributed by atoms with E-state index in [9.17, 15) is 27.9 Å². The maximum absolute atomic E-state index is 13.8. The van der Waals surface area contributed by atoms with Crippen molar-refractivity contribution in [3.8, 4) is 22.8 Å². The number of aromatic nitrogens is 5. The summed E-state index contributed by atoms with van der Waals surface area (Å²) in [6, 6.07) is 10.4. The number of fused-ring (bicyclic) bond motifs is 2. The van der Waals surface area contributed by atoms with Crippen molar-refractivity contribution in [2.75, 3.05) is 6.61 Å². The third-order valence-electron chi connectivity index (χ3n) is 8.12. The fraction of sp³-hybridized carbons (Fsp3) is 0.364. The molecule has 12 nitrogen and oxygen atoms in total. The number of ether oxygens (including phenoxy) is 2. The molecule has 1 aliphatic rings. The van der Waals surface area contributed by atoms with Gasteiger partial charge in [0, 0.05) is 35.5 Å². The highest BCUT2D eigenvalue weighted by Crippen LogP contribution is 2.36. The Balaban J connectivity index is 1.08. The van der Waals surface area contributed by atoms with Crippen LogP contribution in [-0.4, -0.2) is 65.7 Å². The van der Waals surface area contributed by atoms with Gasteiger partial charge in [-0.25, -0.2) is 14.2 Å². The minimum absolute atomic E-state index is 0.0287. The van der Waals surface area contributed by atoms with Crippen LogP contribution in [0.25, 0.3) is 27.5 Å². The number of pyridine rings is 2. The SMILES string of the molecule is C[C@@H](CC1CC(Oc2nn3ccc(-c4ccc(F)nc4)cc3c2C(N)=O)C1)NC(=O)c1nn(C(F)F)c2cc(OCC(C)(C)O)ccc12. The smallest absolute Gasteiger partial charge is 0.333 e. The number of amides is 2. The zero-order chi connectivity index (χ0) is 34.3. The number of hydrogen-bond donors (Lipinski definition) is 3. The van der Waals surface area contributed by atoms with Crippen LogP contribution >= 0.6 is 0 Å². The number of rotatable bonds is 12. The molecule has 2 amide bonds. The molecule has 6 rings (SSSR count). The van der Waals surface area contributed by atoms with Gasteiger partial charge in [0.25, 0.3) is 11.8 Å². The Kier molecular flexibility index (Phi) is 8.72.